The van der Waals surface area contributed by atoms with Crippen LogP contribution in [0.4, 0.5) is 0 Å². The number of aliphatic hydroxyl groups is 5. The van der Waals surface area contributed by atoms with Crippen molar-refractivity contribution in [1.29, 1.82) is 0 Å². The second-order valence-electron chi connectivity index (χ2n) is 15.9. The highest BCUT2D eigenvalue weighted by molar-refractivity contribution is 7.47. The van der Waals surface area contributed by atoms with Gasteiger partial charge in [-0.25, -0.2) is 4.57 Å². The smallest absolute Gasteiger partial charge is 0.457 e. The average Bonchev–Trinajstić information content (AvgIpc) is 3.23. The van der Waals surface area contributed by atoms with Gasteiger partial charge in [0, 0.05) is 13.0 Å². The zero-order valence-electron chi connectivity index (χ0n) is 37.0. The molecular weight excluding hydrogens is 787 g/mol. The van der Waals surface area contributed by atoms with Crippen molar-refractivity contribution in [1.82, 2.24) is 0 Å². The van der Waals surface area contributed by atoms with Gasteiger partial charge in [-0.3, -0.25) is 13.8 Å². The van der Waals surface area contributed by atoms with Crippen LogP contribution in [0.25, 0.3) is 0 Å². The first-order valence-corrected chi connectivity index (χ1v) is 24.6. The molecule has 0 bridgehead atoms. The number of hydrogen-bond acceptors (Lipinski definition) is 11. The lowest BCUT2D eigenvalue weighted by Gasteiger charge is -2.41. The lowest BCUT2D eigenvalue weighted by atomic mass is 9.85. The summed E-state index contributed by atoms with van der Waals surface area (Å²) < 4.78 is 34.1. The number of phosphoric ester groups is 1. The van der Waals surface area contributed by atoms with Crippen molar-refractivity contribution in [2.75, 3.05) is 19.8 Å². The lowest BCUT2D eigenvalue weighted by Crippen LogP contribution is -2.64. The van der Waals surface area contributed by atoms with Crippen LogP contribution in [0, 0.1) is 0 Å². The molecule has 0 saturated heterocycles. The fourth-order valence-corrected chi connectivity index (χ4v) is 7.71. The summed E-state index contributed by atoms with van der Waals surface area (Å²) in [5, 5.41) is 50.2. The highest BCUT2D eigenvalue weighted by Gasteiger charge is 2.51. The Morgan fingerprint density at radius 3 is 1.50 bits per heavy atom. The molecule has 0 aliphatic heterocycles. The van der Waals surface area contributed by atoms with E-state index in [1.165, 1.54) is 57.8 Å². The van der Waals surface area contributed by atoms with Crippen molar-refractivity contribution in [3.05, 3.63) is 60.8 Å². The van der Waals surface area contributed by atoms with Crippen molar-refractivity contribution >= 4 is 13.8 Å². The van der Waals surface area contributed by atoms with Gasteiger partial charge >= 0.3 is 13.8 Å². The van der Waals surface area contributed by atoms with Crippen LogP contribution in [0.3, 0.4) is 0 Å². The molecule has 0 spiro atoms. The largest absolute Gasteiger partial charge is 0.472 e. The van der Waals surface area contributed by atoms with E-state index in [1.807, 2.05) is 0 Å². The molecule has 12 nitrogen and oxygen atoms in total. The van der Waals surface area contributed by atoms with E-state index in [0.29, 0.717) is 13.0 Å². The summed E-state index contributed by atoms with van der Waals surface area (Å²) in [6.45, 7) is 4.08. The van der Waals surface area contributed by atoms with E-state index in [2.05, 4.69) is 74.6 Å². The number of ether oxygens (including phenoxy) is 2. The Morgan fingerprint density at radius 2 is 0.983 bits per heavy atom. The molecule has 0 radical (unpaired) electrons. The minimum Gasteiger partial charge on any atom is -0.457 e. The Bertz CT molecular complexity index is 1220. The number of phosphoric acid groups is 1. The summed E-state index contributed by atoms with van der Waals surface area (Å²) in [4.78, 5) is 23.1. The van der Waals surface area contributed by atoms with Crippen molar-refractivity contribution in [2.45, 2.75) is 211 Å². The zero-order valence-corrected chi connectivity index (χ0v) is 37.9. The van der Waals surface area contributed by atoms with E-state index in [-0.39, 0.29) is 13.0 Å². The van der Waals surface area contributed by atoms with Gasteiger partial charge in [0.25, 0.3) is 0 Å². The summed E-state index contributed by atoms with van der Waals surface area (Å²) >= 11 is 0. The molecule has 6 atom stereocenters. The fraction of sp³-hybridized carbons (Fsp3) is 0.766. The van der Waals surface area contributed by atoms with Crippen LogP contribution in [-0.2, 0) is 27.9 Å². The van der Waals surface area contributed by atoms with Crippen molar-refractivity contribution in [3.8, 4) is 0 Å². The maximum Gasteiger partial charge on any atom is 0.472 e. The molecule has 6 unspecified atom stereocenters. The monoisotopic (exact) mass is 871 g/mol. The predicted octanol–water partition coefficient (Wildman–Crippen LogP) is 9.42. The average molecular weight is 871 g/mol. The first-order chi connectivity index (χ1) is 29.0. The number of unbranched alkanes of at least 4 members (excludes halogenated alkanes) is 16. The Kier molecular flexibility index (Phi) is 35.1. The normalized spacial score (nSPS) is 22.9. The third kappa shape index (κ3) is 29.4. The van der Waals surface area contributed by atoms with Gasteiger partial charge in [0.15, 0.2) is 0 Å². The summed E-state index contributed by atoms with van der Waals surface area (Å²) in [7, 11) is -5.03. The Labute approximate surface area is 362 Å². The van der Waals surface area contributed by atoms with Gasteiger partial charge in [0.1, 0.15) is 42.7 Å². The number of aliphatic hydroxyl groups excluding tert-OH is 5. The van der Waals surface area contributed by atoms with E-state index in [4.69, 9.17) is 18.5 Å². The first-order valence-electron chi connectivity index (χ1n) is 23.1. The molecule has 0 amide bonds. The molecule has 1 aliphatic rings. The molecule has 1 saturated carbocycles. The Morgan fingerprint density at radius 1 is 0.550 bits per heavy atom. The van der Waals surface area contributed by atoms with Gasteiger partial charge in [0.2, 0.25) is 0 Å². The number of allylic oxidation sites excluding steroid dienone is 10. The van der Waals surface area contributed by atoms with Gasteiger partial charge < -0.3 is 39.9 Å². The molecule has 1 fully saturated rings. The van der Waals surface area contributed by atoms with Crippen LogP contribution in [0.15, 0.2) is 60.8 Å². The standard InChI is InChI=1S/C47H83O12P/c1-3-5-7-9-11-13-15-17-18-19-20-21-22-23-25-27-29-31-33-35-37-56-38-40(39-57-60(54,55)59-47-45(52)43(50)42(49)44(51)46(47)53)58-41(48)36-34-32-30-28-26-24-16-14-12-10-8-6-4-2/h5,7,11,13,17-18,20-21,23,25,40,42-47,49-53H,3-4,6,8-10,12,14-16,19,22,24,26-39H2,1-2H3,(H,54,55)/b7-5-,13-11-,18-17-,21-20-,25-23-. The van der Waals surface area contributed by atoms with E-state index < -0.39 is 63.1 Å². The second-order valence-corrected chi connectivity index (χ2v) is 17.3. The van der Waals surface area contributed by atoms with Crippen LogP contribution in [-0.4, -0.2) is 98.9 Å². The topological polar surface area (TPSA) is 192 Å². The predicted molar refractivity (Wildman–Crippen MR) is 239 cm³/mol. The number of carbonyl (C=O) groups is 1. The number of hydrogen-bond donors (Lipinski definition) is 6. The maximum absolute atomic E-state index is 12.8. The molecule has 0 aromatic heterocycles. The van der Waals surface area contributed by atoms with E-state index >= 15 is 0 Å². The van der Waals surface area contributed by atoms with Crippen molar-refractivity contribution < 1.29 is 58.3 Å². The third-order valence-electron chi connectivity index (χ3n) is 10.4. The summed E-state index contributed by atoms with van der Waals surface area (Å²) in [5.41, 5.74) is 0. The van der Waals surface area contributed by atoms with Gasteiger partial charge in [0.05, 0.1) is 13.2 Å². The highest BCUT2D eigenvalue weighted by Crippen LogP contribution is 2.47. The highest BCUT2D eigenvalue weighted by atomic mass is 31.2. The number of carbonyl (C=O) groups excluding carboxylic acids is 1. The molecule has 348 valence electrons. The number of esters is 1. The number of rotatable bonds is 38. The molecule has 6 N–H and O–H groups in total. The zero-order chi connectivity index (χ0) is 44.1. The molecule has 0 aromatic carbocycles. The van der Waals surface area contributed by atoms with Crippen molar-refractivity contribution in [3.63, 3.8) is 0 Å². The van der Waals surface area contributed by atoms with Crippen LogP contribution >= 0.6 is 7.82 Å². The van der Waals surface area contributed by atoms with Crippen LogP contribution in [0.1, 0.15) is 168 Å². The Balaban J connectivity index is 2.41. The molecule has 1 aliphatic carbocycles. The molecule has 1 rings (SSSR count). The third-order valence-corrected chi connectivity index (χ3v) is 11.4. The van der Waals surface area contributed by atoms with Crippen LogP contribution < -0.4 is 0 Å². The van der Waals surface area contributed by atoms with E-state index in [9.17, 15) is 39.8 Å². The van der Waals surface area contributed by atoms with Crippen LogP contribution in [0.2, 0.25) is 0 Å². The summed E-state index contributed by atoms with van der Waals surface area (Å²) in [6, 6.07) is 0. The van der Waals surface area contributed by atoms with Crippen LogP contribution in [0.5, 0.6) is 0 Å². The Hall–Kier alpha value is -1.96. The van der Waals surface area contributed by atoms with Gasteiger partial charge in [-0.05, 0) is 57.8 Å². The fourth-order valence-electron chi connectivity index (χ4n) is 6.73. The summed E-state index contributed by atoms with van der Waals surface area (Å²) in [6.07, 6.45) is 34.3. The molecule has 13 heteroatoms. The summed E-state index contributed by atoms with van der Waals surface area (Å²) in [5.74, 6) is -0.489. The van der Waals surface area contributed by atoms with Gasteiger partial charge in [-0.15, -0.1) is 0 Å². The lowest BCUT2D eigenvalue weighted by molar-refractivity contribution is -0.220. The minimum absolute atomic E-state index is 0.0946. The molecule has 0 aromatic rings. The SMILES string of the molecule is CC/C=C\C/C=C\C/C=C\C/C=C\C/C=C\CCCCCCOCC(COP(=O)(O)OC1C(O)C(O)C(O)C(O)C1O)OC(=O)CCCCCCCCCCCCCCC. The molecule has 60 heavy (non-hydrogen) atoms. The quantitative estimate of drug-likeness (QED) is 0.0149. The maximum atomic E-state index is 12.8. The second kappa shape index (κ2) is 37.6. The minimum atomic E-state index is -5.03. The van der Waals surface area contributed by atoms with Gasteiger partial charge in [-0.1, -0.05) is 164 Å². The molecular formula is C47H83O12P. The van der Waals surface area contributed by atoms with Crippen molar-refractivity contribution in [2.24, 2.45) is 0 Å². The van der Waals surface area contributed by atoms with E-state index in [0.717, 1.165) is 83.5 Å². The molecule has 0 heterocycles. The van der Waals surface area contributed by atoms with Gasteiger partial charge in [-0.2, -0.15) is 0 Å². The first kappa shape index (κ1) is 56.1. The van der Waals surface area contributed by atoms with E-state index in [1.54, 1.807) is 0 Å².